The molecular formula is C13H23N3O. The molecule has 0 bridgehead atoms. The standard InChI is InChI=1S/C13H23N3O/c1-3-4-5-6-7-8-9-14-13-15-10-12(16-13)11(2)17/h10H,3-9H2,1-2H3,(H2,14,15,16). The number of hydrogen-bond donors (Lipinski definition) is 2. The molecule has 1 aromatic heterocycles. The van der Waals surface area contributed by atoms with E-state index < -0.39 is 0 Å². The van der Waals surface area contributed by atoms with Gasteiger partial charge in [0.15, 0.2) is 5.78 Å². The zero-order valence-corrected chi connectivity index (χ0v) is 10.9. The van der Waals surface area contributed by atoms with E-state index in [0.29, 0.717) is 11.6 Å². The van der Waals surface area contributed by atoms with E-state index in [4.69, 9.17) is 0 Å². The number of unbranched alkanes of at least 4 members (excludes halogenated alkanes) is 5. The van der Waals surface area contributed by atoms with E-state index in [1.54, 1.807) is 6.20 Å². The number of carbonyl (C=O) groups is 1. The Morgan fingerprint density at radius 2 is 2.00 bits per heavy atom. The first kappa shape index (κ1) is 13.7. The molecule has 0 aromatic carbocycles. The van der Waals surface area contributed by atoms with Gasteiger partial charge in [-0.05, 0) is 6.42 Å². The monoisotopic (exact) mass is 237 g/mol. The summed E-state index contributed by atoms with van der Waals surface area (Å²) in [5.74, 6) is 0.717. The number of nitrogens with zero attached hydrogens (tertiary/aromatic N) is 1. The highest BCUT2D eigenvalue weighted by Gasteiger charge is 2.03. The number of ketones is 1. The largest absolute Gasteiger partial charge is 0.356 e. The number of imidazole rings is 1. The maximum absolute atomic E-state index is 11.0. The predicted molar refractivity (Wildman–Crippen MR) is 70.5 cm³/mol. The Labute approximate surface area is 103 Å². The summed E-state index contributed by atoms with van der Waals surface area (Å²) in [6.07, 6.45) is 9.27. The van der Waals surface area contributed by atoms with E-state index in [0.717, 1.165) is 13.0 Å². The van der Waals surface area contributed by atoms with E-state index >= 15 is 0 Å². The number of carbonyl (C=O) groups excluding carboxylic acids is 1. The van der Waals surface area contributed by atoms with Gasteiger partial charge in [-0.3, -0.25) is 4.79 Å². The lowest BCUT2D eigenvalue weighted by Crippen LogP contribution is -2.03. The SMILES string of the molecule is CCCCCCCCNc1ncc(C(C)=O)[nH]1. The normalized spacial score (nSPS) is 10.5. The topological polar surface area (TPSA) is 57.8 Å². The number of rotatable bonds is 9. The fourth-order valence-electron chi connectivity index (χ4n) is 1.70. The Hall–Kier alpha value is -1.32. The minimum absolute atomic E-state index is 0.0186. The first-order valence-electron chi connectivity index (χ1n) is 6.54. The summed E-state index contributed by atoms with van der Waals surface area (Å²) in [5, 5.41) is 3.19. The van der Waals surface area contributed by atoms with Crippen molar-refractivity contribution >= 4 is 11.7 Å². The van der Waals surface area contributed by atoms with Crippen molar-refractivity contribution in [2.75, 3.05) is 11.9 Å². The van der Waals surface area contributed by atoms with Crippen molar-refractivity contribution < 1.29 is 4.79 Å². The Balaban J connectivity index is 2.07. The second-order valence-electron chi connectivity index (χ2n) is 4.40. The Morgan fingerprint density at radius 1 is 1.29 bits per heavy atom. The molecule has 1 aromatic rings. The number of H-pyrrole nitrogens is 1. The van der Waals surface area contributed by atoms with Gasteiger partial charge in [0, 0.05) is 13.5 Å². The zero-order valence-electron chi connectivity index (χ0n) is 10.9. The second-order valence-corrected chi connectivity index (χ2v) is 4.40. The molecule has 4 nitrogen and oxygen atoms in total. The molecule has 0 radical (unpaired) electrons. The Kier molecular flexibility index (Phi) is 6.37. The number of aromatic nitrogens is 2. The van der Waals surface area contributed by atoms with Crippen LogP contribution in [0, 0.1) is 0 Å². The number of aromatic amines is 1. The highest BCUT2D eigenvalue weighted by Crippen LogP contribution is 2.06. The highest BCUT2D eigenvalue weighted by molar-refractivity contribution is 5.92. The molecule has 0 aliphatic rings. The molecule has 0 saturated carbocycles. The third-order valence-corrected chi connectivity index (χ3v) is 2.78. The van der Waals surface area contributed by atoms with Crippen LogP contribution >= 0.6 is 0 Å². The lowest BCUT2D eigenvalue weighted by Gasteiger charge is -2.02. The average molecular weight is 237 g/mol. The summed E-state index contributed by atoms with van der Waals surface area (Å²) >= 11 is 0. The van der Waals surface area contributed by atoms with E-state index in [1.807, 2.05) is 0 Å². The van der Waals surface area contributed by atoms with E-state index in [-0.39, 0.29) is 5.78 Å². The molecule has 1 rings (SSSR count). The molecular weight excluding hydrogens is 214 g/mol. The molecule has 17 heavy (non-hydrogen) atoms. The van der Waals surface area contributed by atoms with Crippen LogP contribution in [-0.2, 0) is 0 Å². The van der Waals surface area contributed by atoms with Crippen LogP contribution in [0.4, 0.5) is 5.95 Å². The van der Waals surface area contributed by atoms with Gasteiger partial charge in [-0.25, -0.2) is 4.98 Å². The lowest BCUT2D eigenvalue weighted by atomic mass is 10.1. The average Bonchev–Trinajstić information content (AvgIpc) is 2.77. The Morgan fingerprint density at radius 3 is 2.65 bits per heavy atom. The van der Waals surface area contributed by atoms with Crippen molar-refractivity contribution in [1.29, 1.82) is 0 Å². The molecule has 0 unspecified atom stereocenters. The minimum atomic E-state index is 0.0186. The maximum Gasteiger partial charge on any atom is 0.200 e. The molecule has 2 N–H and O–H groups in total. The summed E-state index contributed by atoms with van der Waals surface area (Å²) in [7, 11) is 0. The van der Waals surface area contributed by atoms with Crippen LogP contribution in [0.15, 0.2) is 6.20 Å². The first-order chi connectivity index (χ1) is 8.24. The van der Waals surface area contributed by atoms with E-state index in [9.17, 15) is 4.79 Å². The number of hydrogen-bond acceptors (Lipinski definition) is 3. The molecule has 0 saturated heterocycles. The van der Waals surface area contributed by atoms with E-state index in [1.165, 1.54) is 39.0 Å². The van der Waals surface area contributed by atoms with Gasteiger partial charge in [-0.1, -0.05) is 39.0 Å². The van der Waals surface area contributed by atoms with Gasteiger partial charge >= 0.3 is 0 Å². The molecule has 0 fully saturated rings. The van der Waals surface area contributed by atoms with Crippen LogP contribution in [0.25, 0.3) is 0 Å². The van der Waals surface area contributed by atoms with Crippen LogP contribution in [0.2, 0.25) is 0 Å². The first-order valence-corrected chi connectivity index (χ1v) is 6.54. The summed E-state index contributed by atoms with van der Waals surface area (Å²) in [5.41, 5.74) is 0.565. The number of Topliss-reactive ketones (excluding diaryl/α,β-unsaturated/α-hetero) is 1. The maximum atomic E-state index is 11.0. The molecule has 96 valence electrons. The summed E-state index contributed by atoms with van der Waals surface area (Å²) < 4.78 is 0. The van der Waals surface area contributed by atoms with Crippen LogP contribution < -0.4 is 5.32 Å². The lowest BCUT2D eigenvalue weighted by molar-refractivity contribution is 0.101. The van der Waals surface area contributed by atoms with Gasteiger partial charge in [0.1, 0.15) is 5.69 Å². The molecule has 0 atom stereocenters. The van der Waals surface area contributed by atoms with E-state index in [2.05, 4.69) is 22.2 Å². The van der Waals surface area contributed by atoms with Crippen molar-refractivity contribution in [2.45, 2.75) is 52.4 Å². The van der Waals surface area contributed by atoms with Gasteiger partial charge in [-0.2, -0.15) is 0 Å². The molecule has 4 heteroatoms. The highest BCUT2D eigenvalue weighted by atomic mass is 16.1. The van der Waals surface area contributed by atoms with Gasteiger partial charge in [-0.15, -0.1) is 0 Å². The van der Waals surface area contributed by atoms with Crippen LogP contribution in [0.1, 0.15) is 62.9 Å². The quantitative estimate of drug-likeness (QED) is 0.511. The third kappa shape index (κ3) is 5.52. The molecule has 0 amide bonds. The zero-order chi connectivity index (χ0) is 12.5. The summed E-state index contributed by atoms with van der Waals surface area (Å²) in [6, 6.07) is 0. The summed E-state index contributed by atoms with van der Waals surface area (Å²) in [4.78, 5) is 18.1. The third-order valence-electron chi connectivity index (χ3n) is 2.78. The van der Waals surface area contributed by atoms with Gasteiger partial charge < -0.3 is 10.3 Å². The van der Waals surface area contributed by atoms with Crippen molar-refractivity contribution in [3.63, 3.8) is 0 Å². The van der Waals surface area contributed by atoms with Gasteiger partial charge in [0.05, 0.1) is 6.20 Å². The second kappa shape index (κ2) is 7.87. The Bertz CT molecular complexity index is 333. The fourth-order valence-corrected chi connectivity index (χ4v) is 1.70. The number of anilines is 1. The van der Waals surface area contributed by atoms with Crippen LogP contribution in [-0.4, -0.2) is 22.3 Å². The molecule has 0 spiro atoms. The van der Waals surface area contributed by atoms with Crippen molar-refractivity contribution in [2.24, 2.45) is 0 Å². The van der Waals surface area contributed by atoms with Crippen molar-refractivity contribution in [3.05, 3.63) is 11.9 Å². The van der Waals surface area contributed by atoms with Gasteiger partial charge in [0.2, 0.25) is 5.95 Å². The smallest absolute Gasteiger partial charge is 0.200 e. The molecule has 0 aliphatic carbocycles. The van der Waals surface area contributed by atoms with Gasteiger partial charge in [0.25, 0.3) is 0 Å². The number of nitrogens with one attached hydrogen (secondary N) is 2. The van der Waals surface area contributed by atoms with Crippen LogP contribution in [0.5, 0.6) is 0 Å². The van der Waals surface area contributed by atoms with Crippen molar-refractivity contribution in [1.82, 2.24) is 9.97 Å². The summed E-state index contributed by atoms with van der Waals surface area (Å²) in [6.45, 7) is 4.67. The minimum Gasteiger partial charge on any atom is -0.356 e. The molecule has 0 aliphatic heterocycles. The van der Waals surface area contributed by atoms with Crippen molar-refractivity contribution in [3.8, 4) is 0 Å². The van der Waals surface area contributed by atoms with Crippen LogP contribution in [0.3, 0.4) is 0 Å². The fraction of sp³-hybridized carbons (Fsp3) is 0.692. The molecule has 1 heterocycles. The predicted octanol–water partition coefficient (Wildman–Crippen LogP) is 3.38.